The molecule has 1 amide bonds. The fourth-order valence-electron chi connectivity index (χ4n) is 3.90. The van der Waals surface area contributed by atoms with Crippen LogP contribution >= 0.6 is 0 Å². The summed E-state index contributed by atoms with van der Waals surface area (Å²) in [6.07, 6.45) is -0.708. The quantitative estimate of drug-likeness (QED) is 0.635. The van der Waals surface area contributed by atoms with Crippen LogP contribution in [0.25, 0.3) is 0 Å². The second-order valence-corrected chi connectivity index (χ2v) is 9.49. The van der Waals surface area contributed by atoms with Crippen LogP contribution in [0.3, 0.4) is 0 Å². The normalized spacial score (nSPS) is 19.7. The van der Waals surface area contributed by atoms with Crippen LogP contribution in [0.15, 0.2) is 89.8 Å². The first-order valence-electron chi connectivity index (χ1n) is 9.91. The highest BCUT2D eigenvalue weighted by Crippen LogP contribution is 2.38. The van der Waals surface area contributed by atoms with E-state index >= 15 is 0 Å². The molecule has 30 heavy (non-hydrogen) atoms. The van der Waals surface area contributed by atoms with Gasteiger partial charge in [0.05, 0.1) is 4.90 Å². The van der Waals surface area contributed by atoms with Crippen molar-refractivity contribution < 1.29 is 13.2 Å². The standard InChI is InChI=1S/C24H24N2O3S/c1-18-13-15-22(16-14-18)30(28,29)25-17-19(2)26(23(25)20-9-5-3-6-10-20)24(27)21-11-7-4-8-12-21/h3-16,19,23H,17H2,1-2H3/t19-,23+/m0/s1. The molecule has 0 spiro atoms. The first kappa shape index (κ1) is 20.3. The molecule has 0 aliphatic carbocycles. The molecule has 5 nitrogen and oxygen atoms in total. The topological polar surface area (TPSA) is 57.7 Å². The molecule has 0 radical (unpaired) electrons. The van der Waals surface area contributed by atoms with E-state index in [4.69, 9.17) is 0 Å². The number of sulfonamides is 1. The summed E-state index contributed by atoms with van der Waals surface area (Å²) in [6, 6.07) is 24.9. The Morgan fingerprint density at radius 2 is 1.43 bits per heavy atom. The van der Waals surface area contributed by atoms with Crippen LogP contribution in [0.2, 0.25) is 0 Å². The average molecular weight is 421 g/mol. The lowest BCUT2D eigenvalue weighted by Gasteiger charge is -2.31. The second kappa shape index (κ2) is 8.05. The SMILES string of the molecule is Cc1ccc(S(=O)(=O)N2C[C@H](C)N(C(=O)c3ccccc3)[C@@H]2c2ccccc2)cc1. The molecule has 0 N–H and O–H groups in total. The van der Waals surface area contributed by atoms with Crippen LogP contribution in [0.5, 0.6) is 0 Å². The zero-order chi connectivity index (χ0) is 21.3. The van der Waals surface area contributed by atoms with E-state index in [-0.39, 0.29) is 23.4 Å². The van der Waals surface area contributed by atoms with E-state index in [0.717, 1.165) is 11.1 Å². The second-order valence-electron chi connectivity index (χ2n) is 7.60. The number of aryl methyl sites for hydroxylation is 1. The van der Waals surface area contributed by atoms with Crippen molar-refractivity contribution >= 4 is 15.9 Å². The molecular formula is C24H24N2O3S. The van der Waals surface area contributed by atoms with E-state index in [1.807, 2.05) is 62.4 Å². The predicted molar refractivity (Wildman–Crippen MR) is 116 cm³/mol. The van der Waals surface area contributed by atoms with Crippen molar-refractivity contribution in [3.8, 4) is 0 Å². The highest BCUT2D eigenvalue weighted by atomic mass is 32.2. The molecule has 4 rings (SSSR count). The zero-order valence-corrected chi connectivity index (χ0v) is 17.8. The number of hydrogen-bond donors (Lipinski definition) is 0. The van der Waals surface area contributed by atoms with Gasteiger partial charge in [-0.25, -0.2) is 8.42 Å². The van der Waals surface area contributed by atoms with Crippen molar-refractivity contribution in [2.75, 3.05) is 6.54 Å². The summed E-state index contributed by atoms with van der Waals surface area (Å²) in [6.45, 7) is 4.04. The zero-order valence-electron chi connectivity index (χ0n) is 17.0. The summed E-state index contributed by atoms with van der Waals surface area (Å²) in [4.78, 5) is 15.3. The smallest absolute Gasteiger partial charge is 0.255 e. The van der Waals surface area contributed by atoms with Crippen molar-refractivity contribution in [1.82, 2.24) is 9.21 Å². The van der Waals surface area contributed by atoms with Crippen molar-refractivity contribution in [1.29, 1.82) is 0 Å². The van der Waals surface area contributed by atoms with Crippen molar-refractivity contribution in [2.45, 2.75) is 31.0 Å². The fraction of sp³-hybridized carbons (Fsp3) is 0.208. The molecular weight excluding hydrogens is 396 g/mol. The van der Waals surface area contributed by atoms with Gasteiger partial charge in [0, 0.05) is 18.2 Å². The number of rotatable bonds is 4. The fourth-order valence-corrected chi connectivity index (χ4v) is 5.55. The van der Waals surface area contributed by atoms with Crippen molar-refractivity contribution in [3.05, 3.63) is 102 Å². The van der Waals surface area contributed by atoms with Gasteiger partial charge in [0.15, 0.2) is 0 Å². The molecule has 0 aromatic heterocycles. The van der Waals surface area contributed by atoms with Crippen LogP contribution in [-0.4, -0.2) is 36.1 Å². The maximum absolute atomic E-state index is 13.6. The Morgan fingerprint density at radius 3 is 2.03 bits per heavy atom. The Balaban J connectivity index is 1.81. The van der Waals surface area contributed by atoms with Crippen LogP contribution in [0, 0.1) is 6.92 Å². The third-order valence-electron chi connectivity index (χ3n) is 5.44. The van der Waals surface area contributed by atoms with Gasteiger partial charge < -0.3 is 4.90 Å². The lowest BCUT2D eigenvalue weighted by atomic mass is 10.1. The number of hydrogen-bond acceptors (Lipinski definition) is 3. The molecule has 3 aromatic rings. The molecule has 1 saturated heterocycles. The Hall–Kier alpha value is -2.96. The summed E-state index contributed by atoms with van der Waals surface area (Å²) in [5, 5.41) is 0. The number of carbonyl (C=O) groups is 1. The number of nitrogens with zero attached hydrogens (tertiary/aromatic N) is 2. The Morgan fingerprint density at radius 1 is 0.867 bits per heavy atom. The maximum atomic E-state index is 13.6. The summed E-state index contributed by atoms with van der Waals surface area (Å²) < 4.78 is 28.6. The Kier molecular flexibility index (Phi) is 5.45. The number of amides is 1. The first-order valence-corrected chi connectivity index (χ1v) is 11.3. The van der Waals surface area contributed by atoms with Crippen LogP contribution in [0.4, 0.5) is 0 Å². The molecule has 3 aromatic carbocycles. The first-order chi connectivity index (χ1) is 14.4. The van der Waals surface area contributed by atoms with Crippen molar-refractivity contribution in [2.24, 2.45) is 0 Å². The van der Waals surface area contributed by atoms with Crippen LogP contribution < -0.4 is 0 Å². The van der Waals surface area contributed by atoms with Crippen LogP contribution in [-0.2, 0) is 10.0 Å². The van der Waals surface area contributed by atoms with E-state index in [0.29, 0.717) is 5.56 Å². The highest BCUT2D eigenvalue weighted by Gasteiger charge is 2.47. The van der Waals surface area contributed by atoms with Gasteiger partial charge in [-0.2, -0.15) is 4.31 Å². The number of carbonyl (C=O) groups excluding carboxylic acids is 1. The maximum Gasteiger partial charge on any atom is 0.255 e. The van der Waals surface area contributed by atoms with E-state index in [9.17, 15) is 13.2 Å². The molecule has 6 heteroatoms. The van der Waals surface area contributed by atoms with Gasteiger partial charge in [0.25, 0.3) is 5.91 Å². The van der Waals surface area contributed by atoms with Gasteiger partial charge in [0.2, 0.25) is 10.0 Å². The molecule has 1 heterocycles. The Labute approximate surface area is 177 Å². The van der Waals surface area contributed by atoms with Crippen LogP contribution in [0.1, 0.15) is 34.6 Å². The third kappa shape index (κ3) is 3.64. The molecule has 154 valence electrons. The van der Waals surface area contributed by atoms with E-state index in [1.165, 1.54) is 4.31 Å². The highest BCUT2D eigenvalue weighted by molar-refractivity contribution is 7.89. The molecule has 0 bridgehead atoms. The molecule has 2 atom stereocenters. The molecule has 1 aliphatic rings. The lowest BCUT2D eigenvalue weighted by molar-refractivity contribution is 0.0640. The van der Waals surface area contributed by atoms with E-state index in [1.54, 1.807) is 41.3 Å². The predicted octanol–water partition coefficient (Wildman–Crippen LogP) is 4.23. The van der Waals surface area contributed by atoms with E-state index < -0.39 is 16.2 Å². The monoisotopic (exact) mass is 420 g/mol. The molecule has 1 aliphatic heterocycles. The minimum absolute atomic E-state index is 0.182. The summed E-state index contributed by atoms with van der Waals surface area (Å²) in [7, 11) is -3.79. The van der Waals surface area contributed by atoms with Gasteiger partial charge in [-0.15, -0.1) is 0 Å². The summed E-state index contributed by atoms with van der Waals surface area (Å²) >= 11 is 0. The van der Waals surface area contributed by atoms with Gasteiger partial charge in [-0.1, -0.05) is 66.2 Å². The minimum atomic E-state index is -3.79. The minimum Gasteiger partial charge on any atom is -0.314 e. The van der Waals surface area contributed by atoms with Gasteiger partial charge in [0.1, 0.15) is 6.17 Å². The lowest BCUT2D eigenvalue weighted by Crippen LogP contribution is -2.39. The number of benzene rings is 3. The van der Waals surface area contributed by atoms with Crippen molar-refractivity contribution in [3.63, 3.8) is 0 Å². The van der Waals surface area contributed by atoms with Gasteiger partial charge in [-0.3, -0.25) is 4.79 Å². The summed E-state index contributed by atoms with van der Waals surface area (Å²) in [5.41, 5.74) is 2.30. The molecule has 0 saturated carbocycles. The Bertz CT molecular complexity index is 1130. The average Bonchev–Trinajstić information content (AvgIpc) is 3.12. The van der Waals surface area contributed by atoms with E-state index in [2.05, 4.69) is 0 Å². The van der Waals surface area contributed by atoms with Gasteiger partial charge >= 0.3 is 0 Å². The summed E-state index contributed by atoms with van der Waals surface area (Å²) in [5.74, 6) is -0.182. The third-order valence-corrected chi connectivity index (χ3v) is 7.27. The molecule has 1 fully saturated rings. The van der Waals surface area contributed by atoms with Gasteiger partial charge in [-0.05, 0) is 43.7 Å². The largest absolute Gasteiger partial charge is 0.314 e. The molecule has 0 unspecified atom stereocenters.